The van der Waals surface area contributed by atoms with E-state index in [1.54, 1.807) is 0 Å². The molecule has 0 saturated carbocycles. The van der Waals surface area contributed by atoms with Crippen LogP contribution in [0, 0.1) is 5.92 Å². The monoisotopic (exact) mass is 321 g/mol. The van der Waals surface area contributed by atoms with Gasteiger partial charge in [0.2, 0.25) is 0 Å². The van der Waals surface area contributed by atoms with Gasteiger partial charge in [-0.25, -0.2) is 4.98 Å². The van der Waals surface area contributed by atoms with Crippen LogP contribution in [0.5, 0.6) is 0 Å². The molecule has 1 aromatic heterocycles. The van der Waals surface area contributed by atoms with Gasteiger partial charge >= 0.3 is 0 Å². The Bertz CT molecular complexity index is 570. The van der Waals surface area contributed by atoms with Gasteiger partial charge in [-0.2, -0.15) is 0 Å². The maximum absolute atomic E-state index is 4.53. The standard InChI is InChI=1S/C15H20BrN3/c1-11(12-5-7-18(2)8-6-12)19-10-17-14-9-13(16)3-4-15(14)19/h3-4,9-12H,5-8H2,1-2H3. The molecule has 1 aromatic carbocycles. The summed E-state index contributed by atoms with van der Waals surface area (Å²) in [6, 6.07) is 6.88. The molecule has 2 heterocycles. The summed E-state index contributed by atoms with van der Waals surface area (Å²) in [5.41, 5.74) is 2.32. The molecule has 3 nitrogen and oxygen atoms in total. The van der Waals surface area contributed by atoms with Crippen LogP contribution in [0.2, 0.25) is 0 Å². The van der Waals surface area contributed by atoms with Crippen LogP contribution in [-0.4, -0.2) is 34.6 Å². The second-order valence-electron chi connectivity index (χ2n) is 5.67. The topological polar surface area (TPSA) is 21.1 Å². The lowest BCUT2D eigenvalue weighted by molar-refractivity contribution is 0.181. The van der Waals surface area contributed by atoms with Crippen LogP contribution in [0.3, 0.4) is 0 Å². The van der Waals surface area contributed by atoms with E-state index >= 15 is 0 Å². The van der Waals surface area contributed by atoms with E-state index < -0.39 is 0 Å². The molecule has 1 fully saturated rings. The quantitative estimate of drug-likeness (QED) is 0.840. The number of likely N-dealkylation sites (tertiary alicyclic amines) is 1. The number of hydrogen-bond donors (Lipinski definition) is 0. The molecule has 1 saturated heterocycles. The molecule has 0 N–H and O–H groups in total. The van der Waals surface area contributed by atoms with Crippen molar-refractivity contribution in [3.8, 4) is 0 Å². The Kier molecular flexibility index (Phi) is 3.63. The van der Waals surface area contributed by atoms with Crippen LogP contribution in [0.4, 0.5) is 0 Å². The number of aromatic nitrogens is 2. The van der Waals surface area contributed by atoms with E-state index in [1.165, 1.54) is 31.4 Å². The summed E-state index contributed by atoms with van der Waals surface area (Å²) < 4.78 is 3.44. The average Bonchev–Trinajstić information content (AvgIpc) is 2.81. The number of halogens is 1. The van der Waals surface area contributed by atoms with Crippen molar-refractivity contribution in [2.24, 2.45) is 5.92 Å². The van der Waals surface area contributed by atoms with Gasteiger partial charge in [0, 0.05) is 10.5 Å². The van der Waals surface area contributed by atoms with Gasteiger partial charge in [-0.15, -0.1) is 0 Å². The normalized spacial score (nSPS) is 19.9. The number of rotatable bonds is 2. The van der Waals surface area contributed by atoms with Crippen LogP contribution in [0.1, 0.15) is 25.8 Å². The van der Waals surface area contributed by atoms with Crippen molar-refractivity contribution < 1.29 is 0 Å². The summed E-state index contributed by atoms with van der Waals surface area (Å²) in [5.74, 6) is 0.761. The van der Waals surface area contributed by atoms with Crippen molar-refractivity contribution in [2.75, 3.05) is 20.1 Å². The van der Waals surface area contributed by atoms with E-state index in [-0.39, 0.29) is 0 Å². The fraction of sp³-hybridized carbons (Fsp3) is 0.533. The summed E-state index contributed by atoms with van der Waals surface area (Å²) in [6.45, 7) is 4.76. The molecule has 102 valence electrons. The van der Waals surface area contributed by atoms with Gasteiger partial charge in [0.1, 0.15) is 0 Å². The number of hydrogen-bond acceptors (Lipinski definition) is 2. The number of nitrogens with zero attached hydrogens (tertiary/aromatic N) is 3. The highest BCUT2D eigenvalue weighted by Crippen LogP contribution is 2.31. The summed E-state index contributed by atoms with van der Waals surface area (Å²) in [7, 11) is 2.21. The van der Waals surface area contributed by atoms with Crippen LogP contribution < -0.4 is 0 Å². The summed E-state index contributed by atoms with van der Waals surface area (Å²) in [6.07, 6.45) is 4.57. The lowest BCUT2D eigenvalue weighted by Gasteiger charge is -2.33. The minimum Gasteiger partial charge on any atom is -0.327 e. The minimum absolute atomic E-state index is 0.528. The maximum Gasteiger partial charge on any atom is 0.0960 e. The average molecular weight is 322 g/mol. The fourth-order valence-corrected chi connectivity index (χ4v) is 3.42. The van der Waals surface area contributed by atoms with Gasteiger partial charge in [-0.05, 0) is 64.0 Å². The molecule has 0 bridgehead atoms. The zero-order valence-electron chi connectivity index (χ0n) is 11.5. The summed E-state index contributed by atoms with van der Waals surface area (Å²) in [5, 5.41) is 0. The molecule has 0 aliphatic carbocycles. The van der Waals surface area contributed by atoms with Crippen molar-refractivity contribution in [3.05, 3.63) is 29.0 Å². The third kappa shape index (κ3) is 2.56. The Labute approximate surface area is 122 Å². The lowest BCUT2D eigenvalue weighted by atomic mass is 9.90. The molecule has 0 spiro atoms. The molecule has 1 aliphatic heterocycles. The largest absolute Gasteiger partial charge is 0.327 e. The molecule has 0 radical (unpaired) electrons. The Morgan fingerprint density at radius 3 is 2.79 bits per heavy atom. The van der Waals surface area contributed by atoms with E-state index in [0.29, 0.717) is 6.04 Å². The second kappa shape index (κ2) is 5.25. The fourth-order valence-electron chi connectivity index (χ4n) is 3.07. The van der Waals surface area contributed by atoms with Gasteiger partial charge in [-0.1, -0.05) is 15.9 Å². The van der Waals surface area contributed by atoms with E-state index in [9.17, 15) is 0 Å². The van der Waals surface area contributed by atoms with Gasteiger partial charge in [-0.3, -0.25) is 0 Å². The minimum atomic E-state index is 0.528. The van der Waals surface area contributed by atoms with E-state index in [1.807, 2.05) is 6.33 Å². The van der Waals surface area contributed by atoms with Gasteiger partial charge in [0.25, 0.3) is 0 Å². The summed E-state index contributed by atoms with van der Waals surface area (Å²) >= 11 is 3.51. The molecule has 2 aromatic rings. The molecular weight excluding hydrogens is 302 g/mol. The first-order valence-electron chi connectivity index (χ1n) is 6.96. The SMILES string of the molecule is CC(C1CCN(C)CC1)n1cnc2cc(Br)ccc21. The number of fused-ring (bicyclic) bond motifs is 1. The Morgan fingerprint density at radius 1 is 1.32 bits per heavy atom. The maximum atomic E-state index is 4.53. The van der Waals surface area contributed by atoms with E-state index in [4.69, 9.17) is 0 Å². The third-order valence-corrected chi connectivity index (χ3v) is 4.91. The number of piperidine rings is 1. The van der Waals surface area contributed by atoms with Crippen LogP contribution in [-0.2, 0) is 0 Å². The van der Waals surface area contributed by atoms with Gasteiger partial charge in [0.05, 0.1) is 17.4 Å². The van der Waals surface area contributed by atoms with E-state index in [2.05, 4.69) is 62.6 Å². The predicted octanol–water partition coefficient (Wildman–Crippen LogP) is 3.70. The zero-order chi connectivity index (χ0) is 13.4. The molecule has 19 heavy (non-hydrogen) atoms. The Morgan fingerprint density at radius 2 is 2.05 bits per heavy atom. The highest BCUT2D eigenvalue weighted by atomic mass is 79.9. The number of imidazole rings is 1. The first kappa shape index (κ1) is 13.1. The van der Waals surface area contributed by atoms with Crippen molar-refractivity contribution in [3.63, 3.8) is 0 Å². The Hall–Kier alpha value is -0.870. The number of benzene rings is 1. The molecule has 3 rings (SSSR count). The smallest absolute Gasteiger partial charge is 0.0960 e. The van der Waals surface area contributed by atoms with Gasteiger partial charge < -0.3 is 9.47 Å². The summed E-state index contributed by atoms with van der Waals surface area (Å²) in [4.78, 5) is 6.96. The van der Waals surface area contributed by atoms with E-state index in [0.717, 1.165) is 15.9 Å². The lowest BCUT2D eigenvalue weighted by Crippen LogP contribution is -2.33. The third-order valence-electron chi connectivity index (χ3n) is 4.42. The van der Waals surface area contributed by atoms with Crippen LogP contribution in [0.25, 0.3) is 11.0 Å². The zero-order valence-corrected chi connectivity index (χ0v) is 13.1. The molecular formula is C15H20BrN3. The second-order valence-corrected chi connectivity index (χ2v) is 6.58. The first-order chi connectivity index (χ1) is 9.15. The van der Waals surface area contributed by atoms with Crippen molar-refractivity contribution in [1.29, 1.82) is 0 Å². The predicted molar refractivity (Wildman–Crippen MR) is 82.4 cm³/mol. The molecule has 1 aliphatic rings. The first-order valence-corrected chi connectivity index (χ1v) is 7.75. The molecule has 1 unspecified atom stereocenters. The molecule has 1 atom stereocenters. The molecule has 0 amide bonds. The van der Waals surface area contributed by atoms with Crippen molar-refractivity contribution in [2.45, 2.75) is 25.8 Å². The van der Waals surface area contributed by atoms with Crippen molar-refractivity contribution in [1.82, 2.24) is 14.5 Å². The van der Waals surface area contributed by atoms with Crippen LogP contribution in [0.15, 0.2) is 29.0 Å². The highest BCUT2D eigenvalue weighted by Gasteiger charge is 2.24. The van der Waals surface area contributed by atoms with Gasteiger partial charge in [0.15, 0.2) is 0 Å². The highest BCUT2D eigenvalue weighted by molar-refractivity contribution is 9.10. The Balaban J connectivity index is 1.87. The van der Waals surface area contributed by atoms with Crippen molar-refractivity contribution >= 4 is 27.0 Å². The van der Waals surface area contributed by atoms with Crippen LogP contribution >= 0.6 is 15.9 Å². The molecule has 4 heteroatoms.